The molecule has 0 aliphatic rings. The Kier molecular flexibility index (Phi) is 5.64. The minimum atomic E-state index is -0.338. The normalized spacial score (nSPS) is 10.8. The van der Waals surface area contributed by atoms with Crippen LogP contribution < -0.4 is 16.2 Å². The molecule has 0 fully saturated rings. The summed E-state index contributed by atoms with van der Waals surface area (Å²) in [5.41, 5.74) is 2.29. The molecular formula is C23H20N4O3S. The summed E-state index contributed by atoms with van der Waals surface area (Å²) < 4.78 is 1.33. The van der Waals surface area contributed by atoms with E-state index < -0.39 is 0 Å². The van der Waals surface area contributed by atoms with Crippen molar-refractivity contribution in [3.05, 3.63) is 86.6 Å². The molecule has 4 rings (SSSR count). The third kappa shape index (κ3) is 4.39. The zero-order chi connectivity index (χ0) is 22.0. The van der Waals surface area contributed by atoms with Gasteiger partial charge in [-0.15, -0.1) is 11.3 Å². The number of fused-ring (bicyclic) bond motifs is 1. The molecule has 156 valence electrons. The molecule has 0 aliphatic heterocycles. The van der Waals surface area contributed by atoms with Gasteiger partial charge < -0.3 is 10.6 Å². The first-order valence-corrected chi connectivity index (χ1v) is 10.5. The van der Waals surface area contributed by atoms with E-state index in [9.17, 15) is 14.4 Å². The number of carbonyl (C=O) groups is 2. The number of aromatic nitrogens is 2. The van der Waals surface area contributed by atoms with Crippen LogP contribution in [0.25, 0.3) is 10.9 Å². The molecule has 2 aromatic heterocycles. The second kappa shape index (κ2) is 8.53. The molecule has 0 bridgehead atoms. The minimum Gasteiger partial charge on any atom is -0.324 e. The van der Waals surface area contributed by atoms with Crippen LogP contribution in [0.4, 0.5) is 11.4 Å². The number of hydrogen-bond acceptors (Lipinski definition) is 5. The summed E-state index contributed by atoms with van der Waals surface area (Å²) in [6.07, 6.45) is 0. The van der Waals surface area contributed by atoms with Crippen molar-refractivity contribution in [3.8, 4) is 0 Å². The van der Waals surface area contributed by atoms with E-state index in [0.717, 1.165) is 5.56 Å². The molecule has 0 unspecified atom stereocenters. The lowest BCUT2D eigenvalue weighted by atomic mass is 10.2. The second-order valence-electron chi connectivity index (χ2n) is 7.08. The van der Waals surface area contributed by atoms with Crippen molar-refractivity contribution in [2.24, 2.45) is 0 Å². The Labute approximate surface area is 182 Å². The average Bonchev–Trinajstić information content (AvgIpc) is 3.28. The Hall–Kier alpha value is -3.78. The van der Waals surface area contributed by atoms with Crippen molar-refractivity contribution in [2.75, 3.05) is 10.6 Å². The predicted molar refractivity (Wildman–Crippen MR) is 123 cm³/mol. The first-order valence-electron chi connectivity index (χ1n) is 9.64. The maximum atomic E-state index is 13.1. The first-order chi connectivity index (χ1) is 14.9. The van der Waals surface area contributed by atoms with E-state index in [0.29, 0.717) is 33.0 Å². The van der Waals surface area contributed by atoms with Crippen LogP contribution in [-0.2, 0) is 11.3 Å². The van der Waals surface area contributed by atoms with Crippen molar-refractivity contribution >= 4 is 45.4 Å². The Balaban J connectivity index is 1.61. The van der Waals surface area contributed by atoms with Gasteiger partial charge in [-0.2, -0.15) is 0 Å². The van der Waals surface area contributed by atoms with E-state index in [1.165, 1.54) is 15.9 Å². The Bertz CT molecular complexity index is 1340. The molecule has 0 aliphatic carbocycles. The van der Waals surface area contributed by atoms with Gasteiger partial charge in [0.05, 0.1) is 15.8 Å². The minimum absolute atomic E-state index is 0.159. The van der Waals surface area contributed by atoms with Gasteiger partial charge in [-0.05, 0) is 55.1 Å². The number of thiophene rings is 1. The van der Waals surface area contributed by atoms with E-state index in [4.69, 9.17) is 0 Å². The van der Waals surface area contributed by atoms with E-state index in [1.807, 2.05) is 36.6 Å². The van der Waals surface area contributed by atoms with Crippen molar-refractivity contribution in [3.63, 3.8) is 0 Å². The predicted octanol–water partition coefficient (Wildman–Crippen LogP) is 3.97. The zero-order valence-electron chi connectivity index (χ0n) is 17.0. The molecule has 0 saturated carbocycles. The molecule has 4 aromatic rings. The lowest BCUT2D eigenvalue weighted by Gasteiger charge is -2.13. The number of carbonyl (C=O) groups excluding carboxylic acids is 2. The number of para-hydroxylation sites is 1. The Morgan fingerprint density at radius 2 is 1.84 bits per heavy atom. The molecule has 7 nitrogen and oxygen atoms in total. The highest BCUT2D eigenvalue weighted by molar-refractivity contribution is 7.12. The SMILES string of the molecule is Cc1ccccc1NC(=O)Cn1c(C)nc2ccc(NC(=O)c3cccs3)cc2c1=O. The molecule has 2 amide bonds. The van der Waals surface area contributed by atoms with Gasteiger partial charge in [0.1, 0.15) is 12.4 Å². The summed E-state index contributed by atoms with van der Waals surface area (Å²) in [6.45, 7) is 3.43. The Morgan fingerprint density at radius 1 is 1.03 bits per heavy atom. The third-order valence-electron chi connectivity index (χ3n) is 4.87. The highest BCUT2D eigenvalue weighted by atomic mass is 32.1. The number of anilines is 2. The summed E-state index contributed by atoms with van der Waals surface area (Å²) >= 11 is 1.34. The third-order valence-corrected chi connectivity index (χ3v) is 5.74. The summed E-state index contributed by atoms with van der Waals surface area (Å²) in [6, 6.07) is 15.9. The summed E-state index contributed by atoms with van der Waals surface area (Å²) in [5, 5.41) is 7.78. The molecule has 0 radical (unpaired) electrons. The molecule has 2 N–H and O–H groups in total. The highest BCUT2D eigenvalue weighted by Gasteiger charge is 2.14. The van der Waals surface area contributed by atoms with Crippen LogP contribution in [0.15, 0.2) is 64.8 Å². The van der Waals surface area contributed by atoms with Gasteiger partial charge in [0.15, 0.2) is 0 Å². The highest BCUT2D eigenvalue weighted by Crippen LogP contribution is 2.18. The van der Waals surface area contributed by atoms with E-state index in [1.54, 1.807) is 37.3 Å². The van der Waals surface area contributed by atoms with Crippen LogP contribution in [0.5, 0.6) is 0 Å². The van der Waals surface area contributed by atoms with Gasteiger partial charge >= 0.3 is 0 Å². The number of benzene rings is 2. The van der Waals surface area contributed by atoms with Gasteiger partial charge in [-0.25, -0.2) is 4.98 Å². The van der Waals surface area contributed by atoms with Crippen LogP contribution in [0.1, 0.15) is 21.1 Å². The smallest absolute Gasteiger partial charge is 0.265 e. The first kappa shape index (κ1) is 20.5. The fourth-order valence-electron chi connectivity index (χ4n) is 3.24. The molecule has 0 saturated heterocycles. The molecule has 2 aromatic carbocycles. The molecule has 0 spiro atoms. The number of nitrogens with one attached hydrogen (secondary N) is 2. The standard InChI is InChI=1S/C23H20N4O3S/c1-14-6-3-4-7-18(14)26-21(28)13-27-15(2)24-19-10-9-16(12-17(19)23(27)30)25-22(29)20-8-5-11-31-20/h3-12H,13H2,1-2H3,(H,25,29)(H,26,28). The summed E-state index contributed by atoms with van der Waals surface area (Å²) in [4.78, 5) is 43.0. The van der Waals surface area contributed by atoms with Crippen molar-refractivity contribution in [1.29, 1.82) is 0 Å². The Morgan fingerprint density at radius 3 is 2.58 bits per heavy atom. The summed E-state index contributed by atoms with van der Waals surface area (Å²) in [7, 11) is 0. The molecule has 2 heterocycles. The van der Waals surface area contributed by atoms with Gasteiger partial charge in [-0.3, -0.25) is 19.0 Å². The molecule has 31 heavy (non-hydrogen) atoms. The van der Waals surface area contributed by atoms with Crippen LogP contribution in [-0.4, -0.2) is 21.4 Å². The number of amides is 2. The number of hydrogen-bond donors (Lipinski definition) is 2. The van der Waals surface area contributed by atoms with Crippen LogP contribution >= 0.6 is 11.3 Å². The van der Waals surface area contributed by atoms with Gasteiger partial charge in [-0.1, -0.05) is 24.3 Å². The van der Waals surface area contributed by atoms with Gasteiger partial charge in [0, 0.05) is 11.4 Å². The number of aryl methyl sites for hydroxylation is 2. The quantitative estimate of drug-likeness (QED) is 0.499. The topological polar surface area (TPSA) is 93.1 Å². The van der Waals surface area contributed by atoms with E-state index in [2.05, 4.69) is 15.6 Å². The maximum Gasteiger partial charge on any atom is 0.265 e. The van der Waals surface area contributed by atoms with Crippen molar-refractivity contribution in [1.82, 2.24) is 9.55 Å². The second-order valence-corrected chi connectivity index (χ2v) is 8.02. The maximum absolute atomic E-state index is 13.1. The van der Waals surface area contributed by atoms with Gasteiger partial charge in [0.25, 0.3) is 11.5 Å². The monoisotopic (exact) mass is 432 g/mol. The van der Waals surface area contributed by atoms with Gasteiger partial charge in [0.2, 0.25) is 5.91 Å². The summed E-state index contributed by atoms with van der Waals surface area (Å²) in [5.74, 6) is -0.122. The van der Waals surface area contributed by atoms with Crippen LogP contribution in [0, 0.1) is 13.8 Å². The number of nitrogens with zero attached hydrogens (tertiary/aromatic N) is 2. The lowest BCUT2D eigenvalue weighted by Crippen LogP contribution is -2.30. The zero-order valence-corrected chi connectivity index (χ0v) is 17.8. The average molecular weight is 433 g/mol. The van der Waals surface area contributed by atoms with Crippen LogP contribution in [0.2, 0.25) is 0 Å². The lowest BCUT2D eigenvalue weighted by molar-refractivity contribution is -0.116. The fourth-order valence-corrected chi connectivity index (χ4v) is 3.86. The van der Waals surface area contributed by atoms with E-state index in [-0.39, 0.29) is 23.9 Å². The molecule has 0 atom stereocenters. The molecular weight excluding hydrogens is 412 g/mol. The van der Waals surface area contributed by atoms with E-state index >= 15 is 0 Å². The van der Waals surface area contributed by atoms with Crippen LogP contribution in [0.3, 0.4) is 0 Å². The molecule has 8 heteroatoms. The van der Waals surface area contributed by atoms with Crippen molar-refractivity contribution < 1.29 is 9.59 Å². The fraction of sp³-hybridized carbons (Fsp3) is 0.130. The number of rotatable bonds is 5. The largest absolute Gasteiger partial charge is 0.324 e. The van der Waals surface area contributed by atoms with Crippen molar-refractivity contribution in [2.45, 2.75) is 20.4 Å².